The number of thioether (sulfide) groups is 1. The first-order valence-electron chi connectivity index (χ1n) is 5.53. The Hall–Kier alpha value is -1.14. The van der Waals surface area contributed by atoms with Crippen LogP contribution in [-0.2, 0) is 11.2 Å². The molecule has 0 radical (unpaired) electrons. The van der Waals surface area contributed by atoms with Gasteiger partial charge >= 0.3 is 0 Å². The van der Waals surface area contributed by atoms with Crippen LogP contribution in [0.2, 0.25) is 0 Å². The summed E-state index contributed by atoms with van der Waals surface area (Å²) in [5, 5.41) is 2.70. The van der Waals surface area contributed by atoms with Crippen LogP contribution in [0.3, 0.4) is 0 Å². The highest BCUT2D eigenvalue weighted by atomic mass is 32.2. The first-order chi connectivity index (χ1) is 8.17. The third kappa shape index (κ3) is 4.70. The summed E-state index contributed by atoms with van der Waals surface area (Å²) in [6, 6.07) is -0.478. The van der Waals surface area contributed by atoms with E-state index >= 15 is 0 Å². The third-order valence-electron chi connectivity index (χ3n) is 2.26. The smallest absolute Gasteiger partial charge is 0.241 e. The molecular formula is C11H18N4OS. The summed E-state index contributed by atoms with van der Waals surface area (Å²) in [5.41, 5.74) is 6.33. The van der Waals surface area contributed by atoms with E-state index in [1.165, 1.54) is 0 Å². The molecule has 17 heavy (non-hydrogen) atoms. The highest BCUT2D eigenvalue weighted by Gasteiger charge is 2.13. The van der Waals surface area contributed by atoms with E-state index < -0.39 is 6.04 Å². The molecule has 1 unspecified atom stereocenters. The number of carbonyl (C=O) groups is 1. The van der Waals surface area contributed by atoms with Gasteiger partial charge in [0.15, 0.2) is 0 Å². The lowest BCUT2D eigenvalue weighted by molar-refractivity contribution is -0.117. The van der Waals surface area contributed by atoms with Gasteiger partial charge in [0.1, 0.15) is 5.82 Å². The zero-order valence-corrected chi connectivity index (χ0v) is 11.0. The fraction of sp³-hybridized carbons (Fsp3) is 0.545. The van der Waals surface area contributed by atoms with Crippen LogP contribution in [0.15, 0.2) is 12.4 Å². The van der Waals surface area contributed by atoms with E-state index in [2.05, 4.69) is 15.3 Å². The number of aryl methyl sites for hydroxylation is 1. The van der Waals surface area contributed by atoms with Crippen molar-refractivity contribution in [1.29, 1.82) is 0 Å². The molecule has 0 spiro atoms. The van der Waals surface area contributed by atoms with Crippen LogP contribution in [-0.4, -0.2) is 33.9 Å². The Morgan fingerprint density at radius 3 is 2.71 bits per heavy atom. The minimum Gasteiger partial charge on any atom is -0.322 e. The average molecular weight is 254 g/mol. The maximum atomic E-state index is 11.7. The van der Waals surface area contributed by atoms with Gasteiger partial charge in [-0.25, -0.2) is 9.97 Å². The molecule has 0 saturated carbocycles. The van der Waals surface area contributed by atoms with Gasteiger partial charge in [-0.1, -0.05) is 6.92 Å². The van der Waals surface area contributed by atoms with Crippen LogP contribution in [0.25, 0.3) is 0 Å². The molecule has 0 aromatic carbocycles. The average Bonchev–Trinajstić information content (AvgIpc) is 2.36. The van der Waals surface area contributed by atoms with Crippen molar-refractivity contribution < 1.29 is 4.79 Å². The molecule has 0 saturated heterocycles. The second-order valence-corrected chi connectivity index (χ2v) is 4.60. The Labute approximate surface area is 106 Å². The lowest BCUT2D eigenvalue weighted by atomic mass is 10.2. The molecule has 94 valence electrons. The number of rotatable bonds is 6. The summed E-state index contributed by atoms with van der Waals surface area (Å²) >= 11 is 1.67. The molecule has 0 aliphatic rings. The highest BCUT2D eigenvalue weighted by molar-refractivity contribution is 7.98. The summed E-state index contributed by atoms with van der Waals surface area (Å²) < 4.78 is 0. The van der Waals surface area contributed by atoms with E-state index in [4.69, 9.17) is 5.73 Å². The van der Waals surface area contributed by atoms with Crippen molar-refractivity contribution in [2.75, 3.05) is 17.3 Å². The summed E-state index contributed by atoms with van der Waals surface area (Å²) in [7, 11) is 0. The molecule has 1 heterocycles. The number of carbonyl (C=O) groups excluding carboxylic acids is 1. The highest BCUT2D eigenvalue weighted by Crippen LogP contribution is 2.05. The van der Waals surface area contributed by atoms with Gasteiger partial charge in [-0.2, -0.15) is 11.8 Å². The van der Waals surface area contributed by atoms with Crippen LogP contribution < -0.4 is 11.1 Å². The Balaban J connectivity index is 2.49. The Bertz CT molecular complexity index is 355. The van der Waals surface area contributed by atoms with Crippen LogP contribution >= 0.6 is 11.8 Å². The number of amides is 1. The van der Waals surface area contributed by atoms with Crippen molar-refractivity contribution in [1.82, 2.24) is 9.97 Å². The van der Waals surface area contributed by atoms with Gasteiger partial charge in [0.05, 0.1) is 24.1 Å². The molecule has 1 rings (SSSR count). The van der Waals surface area contributed by atoms with E-state index in [-0.39, 0.29) is 5.91 Å². The topological polar surface area (TPSA) is 80.9 Å². The molecule has 1 aromatic rings. The molecule has 5 nitrogen and oxygen atoms in total. The lowest BCUT2D eigenvalue weighted by Gasteiger charge is -2.11. The normalized spacial score (nSPS) is 12.2. The molecule has 1 atom stereocenters. The van der Waals surface area contributed by atoms with Crippen molar-refractivity contribution in [3.05, 3.63) is 18.2 Å². The number of nitrogens with zero attached hydrogens (tertiary/aromatic N) is 2. The fourth-order valence-electron chi connectivity index (χ4n) is 1.21. The maximum absolute atomic E-state index is 11.7. The molecule has 0 aliphatic heterocycles. The van der Waals surface area contributed by atoms with Crippen LogP contribution in [0.1, 0.15) is 19.2 Å². The van der Waals surface area contributed by atoms with Crippen molar-refractivity contribution >= 4 is 23.4 Å². The molecule has 0 bridgehead atoms. The number of hydrogen-bond donors (Lipinski definition) is 2. The van der Waals surface area contributed by atoms with Crippen molar-refractivity contribution in [2.45, 2.75) is 25.8 Å². The zero-order valence-electron chi connectivity index (χ0n) is 10.1. The standard InChI is InChI=1S/C11H18N4OS/c1-3-10-13-6-8(7-14-10)15-11(16)9(12)4-5-17-2/h6-7,9H,3-5,12H2,1-2H3,(H,15,16). The van der Waals surface area contributed by atoms with Gasteiger partial charge in [-0.05, 0) is 18.4 Å². The van der Waals surface area contributed by atoms with Crippen LogP contribution in [0.4, 0.5) is 5.69 Å². The van der Waals surface area contributed by atoms with E-state index in [0.29, 0.717) is 12.1 Å². The largest absolute Gasteiger partial charge is 0.322 e. The second-order valence-electron chi connectivity index (χ2n) is 3.62. The molecular weight excluding hydrogens is 236 g/mol. The summed E-state index contributed by atoms with van der Waals surface area (Å²) in [6.45, 7) is 1.98. The van der Waals surface area contributed by atoms with Gasteiger partial charge in [0.2, 0.25) is 5.91 Å². The molecule has 3 N–H and O–H groups in total. The van der Waals surface area contributed by atoms with E-state index in [0.717, 1.165) is 18.0 Å². The van der Waals surface area contributed by atoms with Gasteiger partial charge in [-0.3, -0.25) is 4.79 Å². The van der Waals surface area contributed by atoms with E-state index in [1.54, 1.807) is 24.2 Å². The molecule has 0 aliphatic carbocycles. The summed E-state index contributed by atoms with van der Waals surface area (Å²) in [6.07, 6.45) is 6.64. The molecule has 1 aromatic heterocycles. The number of nitrogens with one attached hydrogen (secondary N) is 1. The van der Waals surface area contributed by atoms with Gasteiger partial charge in [-0.15, -0.1) is 0 Å². The van der Waals surface area contributed by atoms with Crippen LogP contribution in [0.5, 0.6) is 0 Å². The first kappa shape index (κ1) is 13.9. The zero-order chi connectivity index (χ0) is 12.7. The van der Waals surface area contributed by atoms with E-state index in [1.807, 2.05) is 13.2 Å². The van der Waals surface area contributed by atoms with Crippen molar-refractivity contribution in [3.8, 4) is 0 Å². The Kier molecular flexibility index (Phi) is 5.93. The lowest BCUT2D eigenvalue weighted by Crippen LogP contribution is -2.36. The minimum atomic E-state index is -0.478. The fourth-order valence-corrected chi connectivity index (χ4v) is 1.70. The quantitative estimate of drug-likeness (QED) is 0.793. The van der Waals surface area contributed by atoms with Gasteiger partial charge in [0, 0.05) is 6.42 Å². The molecule has 0 fully saturated rings. The summed E-state index contributed by atoms with van der Waals surface area (Å²) in [5.74, 6) is 1.45. The monoisotopic (exact) mass is 254 g/mol. The summed E-state index contributed by atoms with van der Waals surface area (Å²) in [4.78, 5) is 19.9. The molecule has 1 amide bonds. The number of anilines is 1. The molecule has 6 heteroatoms. The van der Waals surface area contributed by atoms with Crippen LogP contribution in [0, 0.1) is 0 Å². The minimum absolute atomic E-state index is 0.188. The maximum Gasteiger partial charge on any atom is 0.241 e. The van der Waals surface area contributed by atoms with E-state index in [9.17, 15) is 4.79 Å². The number of hydrogen-bond acceptors (Lipinski definition) is 5. The number of aromatic nitrogens is 2. The third-order valence-corrected chi connectivity index (χ3v) is 2.90. The number of nitrogens with two attached hydrogens (primary N) is 1. The van der Waals surface area contributed by atoms with Crippen molar-refractivity contribution in [3.63, 3.8) is 0 Å². The van der Waals surface area contributed by atoms with Crippen molar-refractivity contribution in [2.24, 2.45) is 5.73 Å². The Morgan fingerprint density at radius 1 is 1.53 bits per heavy atom. The van der Waals surface area contributed by atoms with Gasteiger partial charge in [0.25, 0.3) is 0 Å². The predicted molar refractivity (Wildman–Crippen MR) is 71.0 cm³/mol. The van der Waals surface area contributed by atoms with Gasteiger partial charge < -0.3 is 11.1 Å². The predicted octanol–water partition coefficient (Wildman–Crippen LogP) is 1.06. The first-order valence-corrected chi connectivity index (χ1v) is 6.93. The second kappa shape index (κ2) is 7.24. The SMILES string of the molecule is CCc1ncc(NC(=O)C(N)CCSC)cn1. The Morgan fingerprint density at radius 2 is 2.18 bits per heavy atom.